The van der Waals surface area contributed by atoms with Gasteiger partial charge in [-0.05, 0) is 37.0 Å². The van der Waals surface area contributed by atoms with E-state index in [1.165, 1.54) is 0 Å². The number of nitrogens with zero attached hydrogens (tertiary/aromatic N) is 2. The molecule has 6 heteroatoms. The quantitative estimate of drug-likeness (QED) is 0.706. The Morgan fingerprint density at radius 3 is 2.21 bits per heavy atom. The van der Waals surface area contributed by atoms with Gasteiger partial charge in [0.2, 0.25) is 0 Å². The van der Waals surface area contributed by atoms with E-state index < -0.39 is 5.97 Å². The molecule has 0 bridgehead atoms. The molecular weight excluding hydrogens is 368 g/mol. The molecule has 2 aromatic rings. The highest BCUT2D eigenvalue weighted by molar-refractivity contribution is 6.05. The molecule has 2 aromatic carbocycles. The van der Waals surface area contributed by atoms with Crippen LogP contribution in [0.1, 0.15) is 45.5 Å². The van der Waals surface area contributed by atoms with Crippen molar-refractivity contribution in [1.82, 2.24) is 9.80 Å². The summed E-state index contributed by atoms with van der Waals surface area (Å²) in [7, 11) is 1.69. The molecule has 0 spiro atoms. The van der Waals surface area contributed by atoms with Gasteiger partial charge in [-0.2, -0.15) is 0 Å². The van der Waals surface area contributed by atoms with Gasteiger partial charge in [0, 0.05) is 26.7 Å². The number of carbonyl (C=O) groups is 3. The number of rotatable bonds is 6. The van der Waals surface area contributed by atoms with Crippen LogP contribution in [-0.2, 0) is 16.1 Å². The first kappa shape index (κ1) is 20.6. The molecule has 1 fully saturated rings. The maximum atomic E-state index is 12.9. The topological polar surface area (TPSA) is 66.9 Å². The van der Waals surface area contributed by atoms with Crippen LogP contribution in [0.15, 0.2) is 54.6 Å². The summed E-state index contributed by atoms with van der Waals surface area (Å²) in [5.41, 5.74) is 1.43. The van der Waals surface area contributed by atoms with E-state index in [1.807, 2.05) is 30.3 Å². The molecule has 0 aliphatic carbocycles. The predicted octanol–water partition coefficient (Wildman–Crippen LogP) is 3.13. The second-order valence-electron chi connectivity index (χ2n) is 7.21. The number of benzene rings is 2. The number of piperidine rings is 1. The molecule has 3 rings (SSSR count). The number of ether oxygens (including phenoxy) is 1. The van der Waals surface area contributed by atoms with Crippen LogP contribution < -0.4 is 0 Å². The molecule has 1 heterocycles. The van der Waals surface area contributed by atoms with E-state index in [2.05, 4.69) is 0 Å². The largest absolute Gasteiger partial charge is 0.452 e. The van der Waals surface area contributed by atoms with Crippen molar-refractivity contribution >= 4 is 17.8 Å². The molecular formula is C23H26N2O4. The molecule has 6 nitrogen and oxygen atoms in total. The minimum atomic E-state index is -0.660. The van der Waals surface area contributed by atoms with Crippen molar-refractivity contribution < 1.29 is 19.1 Å². The molecule has 0 saturated carbocycles. The first-order valence-corrected chi connectivity index (χ1v) is 9.89. The molecule has 0 unspecified atom stereocenters. The Kier molecular flexibility index (Phi) is 7.00. The molecule has 29 heavy (non-hydrogen) atoms. The lowest BCUT2D eigenvalue weighted by molar-refractivity contribution is -0.135. The average Bonchev–Trinajstić information content (AvgIpc) is 2.78. The lowest BCUT2D eigenvalue weighted by Crippen LogP contribution is -2.38. The first-order valence-electron chi connectivity index (χ1n) is 9.89. The summed E-state index contributed by atoms with van der Waals surface area (Å²) in [4.78, 5) is 41.0. The zero-order valence-corrected chi connectivity index (χ0v) is 16.7. The molecule has 2 amide bonds. The summed E-state index contributed by atoms with van der Waals surface area (Å²) >= 11 is 0. The second kappa shape index (κ2) is 9.87. The van der Waals surface area contributed by atoms with E-state index in [4.69, 9.17) is 4.74 Å². The van der Waals surface area contributed by atoms with Gasteiger partial charge in [-0.3, -0.25) is 9.59 Å². The zero-order chi connectivity index (χ0) is 20.6. The fourth-order valence-corrected chi connectivity index (χ4v) is 3.42. The highest BCUT2D eigenvalue weighted by Crippen LogP contribution is 2.15. The average molecular weight is 394 g/mol. The molecule has 152 valence electrons. The summed E-state index contributed by atoms with van der Waals surface area (Å²) in [5.74, 6) is -1.13. The lowest BCUT2D eigenvalue weighted by atomic mass is 10.1. The molecule has 1 aliphatic heterocycles. The van der Waals surface area contributed by atoms with Crippen LogP contribution in [0.2, 0.25) is 0 Å². The van der Waals surface area contributed by atoms with Crippen molar-refractivity contribution in [3.63, 3.8) is 0 Å². The third-order valence-electron chi connectivity index (χ3n) is 5.02. The highest BCUT2D eigenvalue weighted by Gasteiger charge is 2.23. The summed E-state index contributed by atoms with van der Waals surface area (Å²) < 4.78 is 5.23. The Labute approximate surface area is 171 Å². The Morgan fingerprint density at radius 1 is 0.897 bits per heavy atom. The summed E-state index contributed by atoms with van der Waals surface area (Å²) in [6.45, 7) is 1.53. The van der Waals surface area contributed by atoms with Crippen molar-refractivity contribution in [2.75, 3.05) is 26.7 Å². The van der Waals surface area contributed by atoms with Gasteiger partial charge in [0.1, 0.15) is 0 Å². The number of carbonyl (C=O) groups excluding carboxylic acids is 3. The van der Waals surface area contributed by atoms with Gasteiger partial charge in [0.05, 0.1) is 11.1 Å². The predicted molar refractivity (Wildman–Crippen MR) is 109 cm³/mol. The Hall–Kier alpha value is -3.15. The Bertz CT molecular complexity index is 860. The van der Waals surface area contributed by atoms with Gasteiger partial charge in [-0.15, -0.1) is 0 Å². The third kappa shape index (κ3) is 5.44. The first-order chi connectivity index (χ1) is 14.1. The third-order valence-corrected chi connectivity index (χ3v) is 5.02. The lowest BCUT2D eigenvalue weighted by Gasteiger charge is -2.26. The van der Waals surface area contributed by atoms with Crippen molar-refractivity contribution in [3.8, 4) is 0 Å². The van der Waals surface area contributed by atoms with Gasteiger partial charge in [0.15, 0.2) is 6.61 Å². The van der Waals surface area contributed by atoms with Crippen LogP contribution in [0.3, 0.4) is 0 Å². The molecule has 0 aromatic heterocycles. The number of hydrogen-bond donors (Lipinski definition) is 0. The van der Waals surface area contributed by atoms with Gasteiger partial charge in [-0.25, -0.2) is 4.79 Å². The zero-order valence-electron chi connectivity index (χ0n) is 16.7. The second-order valence-corrected chi connectivity index (χ2v) is 7.21. The van der Waals surface area contributed by atoms with E-state index in [0.717, 1.165) is 24.8 Å². The highest BCUT2D eigenvalue weighted by atomic mass is 16.5. The fraction of sp³-hybridized carbons (Fsp3) is 0.348. The van der Waals surface area contributed by atoms with Gasteiger partial charge < -0.3 is 14.5 Å². The number of likely N-dealkylation sites (tertiary alicyclic amines) is 1. The Balaban J connectivity index is 1.65. The van der Waals surface area contributed by atoms with E-state index in [1.54, 1.807) is 41.1 Å². The maximum Gasteiger partial charge on any atom is 0.339 e. The van der Waals surface area contributed by atoms with Crippen LogP contribution in [0.5, 0.6) is 0 Å². The summed E-state index contributed by atoms with van der Waals surface area (Å²) in [5, 5.41) is 0. The van der Waals surface area contributed by atoms with Crippen LogP contribution in [0.25, 0.3) is 0 Å². The normalized spacial score (nSPS) is 13.6. The standard InChI is InChI=1S/C23H26N2O4/c1-24(16-18-10-4-2-5-11-18)22(27)19-12-6-7-13-20(19)23(28)29-17-21(26)25-14-8-3-9-15-25/h2,4-7,10-13H,3,8-9,14-17H2,1H3. The van der Waals surface area contributed by atoms with E-state index >= 15 is 0 Å². The fourth-order valence-electron chi connectivity index (χ4n) is 3.42. The summed E-state index contributed by atoms with van der Waals surface area (Å²) in [6.07, 6.45) is 3.07. The van der Waals surface area contributed by atoms with Gasteiger partial charge in [0.25, 0.3) is 11.8 Å². The SMILES string of the molecule is CN(Cc1ccccc1)C(=O)c1ccccc1C(=O)OCC(=O)N1CCCCC1. The van der Waals surface area contributed by atoms with E-state index in [9.17, 15) is 14.4 Å². The van der Waals surface area contributed by atoms with Crippen LogP contribution in [0.4, 0.5) is 0 Å². The van der Waals surface area contributed by atoms with Crippen molar-refractivity contribution in [2.24, 2.45) is 0 Å². The van der Waals surface area contributed by atoms with E-state index in [0.29, 0.717) is 19.6 Å². The van der Waals surface area contributed by atoms with Crippen LogP contribution in [0, 0.1) is 0 Å². The van der Waals surface area contributed by atoms with Crippen LogP contribution in [-0.4, -0.2) is 54.3 Å². The van der Waals surface area contributed by atoms with Crippen molar-refractivity contribution in [1.29, 1.82) is 0 Å². The molecule has 0 radical (unpaired) electrons. The van der Waals surface area contributed by atoms with E-state index in [-0.39, 0.29) is 29.5 Å². The monoisotopic (exact) mass is 394 g/mol. The minimum Gasteiger partial charge on any atom is -0.452 e. The number of esters is 1. The summed E-state index contributed by atoms with van der Waals surface area (Å²) in [6, 6.07) is 16.2. The van der Waals surface area contributed by atoms with Gasteiger partial charge >= 0.3 is 5.97 Å². The maximum absolute atomic E-state index is 12.9. The molecule has 1 saturated heterocycles. The molecule has 0 N–H and O–H groups in total. The van der Waals surface area contributed by atoms with Crippen molar-refractivity contribution in [2.45, 2.75) is 25.8 Å². The minimum absolute atomic E-state index is 0.170. The Morgan fingerprint density at radius 2 is 1.52 bits per heavy atom. The molecule has 1 aliphatic rings. The number of amides is 2. The number of hydrogen-bond acceptors (Lipinski definition) is 4. The van der Waals surface area contributed by atoms with Crippen LogP contribution >= 0.6 is 0 Å². The molecule has 0 atom stereocenters. The smallest absolute Gasteiger partial charge is 0.339 e. The van der Waals surface area contributed by atoms with Gasteiger partial charge in [-0.1, -0.05) is 42.5 Å². The van der Waals surface area contributed by atoms with Crippen molar-refractivity contribution in [3.05, 3.63) is 71.3 Å².